The molecule has 0 aromatic carbocycles. The predicted octanol–water partition coefficient (Wildman–Crippen LogP) is 0.840. The van der Waals surface area contributed by atoms with E-state index in [2.05, 4.69) is 31.7 Å². The normalized spacial score (nSPS) is 25.1. The molecule has 2 aromatic rings. The molecule has 4 heterocycles. The molecule has 1 aliphatic carbocycles. The number of amides is 1. The Hall–Kier alpha value is -2.42. The molecule has 0 radical (unpaired) electrons. The topological polar surface area (TPSA) is 99.4 Å². The van der Waals surface area contributed by atoms with Crippen molar-refractivity contribution in [3.05, 3.63) is 6.33 Å². The van der Waals surface area contributed by atoms with E-state index >= 15 is 0 Å². The van der Waals surface area contributed by atoms with Crippen LogP contribution in [0.15, 0.2) is 6.33 Å². The third-order valence-corrected chi connectivity index (χ3v) is 6.04. The van der Waals surface area contributed by atoms with Gasteiger partial charge in [0.25, 0.3) is 0 Å². The zero-order valence-corrected chi connectivity index (χ0v) is 16.2. The monoisotopic (exact) mass is 385 g/mol. The van der Waals surface area contributed by atoms with Gasteiger partial charge in [0.05, 0.1) is 6.10 Å². The quantitative estimate of drug-likeness (QED) is 0.787. The Labute approximate surface area is 163 Å². The number of aromatic nitrogens is 4. The van der Waals surface area contributed by atoms with Crippen LogP contribution < -0.4 is 10.2 Å². The molecular formula is C19H27N7O2. The van der Waals surface area contributed by atoms with E-state index in [1.54, 1.807) is 6.33 Å². The molecule has 0 spiro atoms. The number of aryl methyl sites for hydroxylation is 1. The number of hydrogen-bond acceptors (Lipinski definition) is 7. The van der Waals surface area contributed by atoms with Gasteiger partial charge in [0.15, 0.2) is 17.0 Å². The van der Waals surface area contributed by atoms with Crippen LogP contribution in [0.25, 0.3) is 11.2 Å². The molecular weight excluding hydrogens is 358 g/mol. The van der Waals surface area contributed by atoms with Gasteiger partial charge in [0, 0.05) is 44.7 Å². The standard InChI is InChI=1S/C19H27N7O2/c1-2-26-17-15(23-19(26)25-8-6-14(27)10-25)16(20-11-21-17)22-13-5-7-24(9-13)18(28)12-3-4-12/h11-14,27H,2-10H2,1H3,(H,20,21,22). The predicted molar refractivity (Wildman–Crippen MR) is 105 cm³/mol. The maximum atomic E-state index is 12.3. The highest BCUT2D eigenvalue weighted by Gasteiger charge is 2.37. The number of anilines is 2. The molecule has 1 saturated carbocycles. The minimum atomic E-state index is -0.303. The number of carbonyl (C=O) groups is 1. The molecule has 3 fully saturated rings. The van der Waals surface area contributed by atoms with Crippen LogP contribution in [0.3, 0.4) is 0 Å². The van der Waals surface area contributed by atoms with E-state index in [-0.39, 0.29) is 18.1 Å². The number of carbonyl (C=O) groups excluding carboxylic acids is 1. The number of likely N-dealkylation sites (tertiary alicyclic amines) is 1. The summed E-state index contributed by atoms with van der Waals surface area (Å²) in [7, 11) is 0. The van der Waals surface area contributed by atoms with E-state index in [1.807, 2.05) is 4.90 Å². The fraction of sp³-hybridized carbons (Fsp3) is 0.684. The summed E-state index contributed by atoms with van der Waals surface area (Å²) < 4.78 is 2.08. The Bertz CT molecular complexity index is 894. The molecule has 3 aliphatic rings. The van der Waals surface area contributed by atoms with E-state index in [4.69, 9.17) is 4.98 Å². The lowest BCUT2D eigenvalue weighted by Gasteiger charge is -2.17. The molecule has 2 aliphatic heterocycles. The van der Waals surface area contributed by atoms with Crippen molar-refractivity contribution in [3.8, 4) is 0 Å². The first-order valence-electron chi connectivity index (χ1n) is 10.3. The van der Waals surface area contributed by atoms with E-state index in [1.165, 1.54) is 0 Å². The minimum absolute atomic E-state index is 0.185. The second-order valence-electron chi connectivity index (χ2n) is 8.13. The number of nitrogens with zero attached hydrogens (tertiary/aromatic N) is 6. The van der Waals surface area contributed by atoms with Gasteiger partial charge >= 0.3 is 0 Å². The lowest BCUT2D eigenvalue weighted by Crippen LogP contribution is -2.32. The average Bonchev–Trinajstić information content (AvgIpc) is 3.10. The van der Waals surface area contributed by atoms with Crippen LogP contribution in [-0.4, -0.2) is 73.8 Å². The summed E-state index contributed by atoms with van der Waals surface area (Å²) in [6.07, 6.45) is 5.04. The summed E-state index contributed by atoms with van der Waals surface area (Å²) in [6.45, 7) is 5.75. The number of aliphatic hydroxyl groups excluding tert-OH is 1. The Balaban J connectivity index is 1.39. The summed E-state index contributed by atoms with van der Waals surface area (Å²) in [4.78, 5) is 30.2. The summed E-state index contributed by atoms with van der Waals surface area (Å²) in [5.41, 5.74) is 1.56. The van der Waals surface area contributed by atoms with Crippen molar-refractivity contribution in [2.45, 2.75) is 51.3 Å². The summed E-state index contributed by atoms with van der Waals surface area (Å²) in [5, 5.41) is 13.4. The fourth-order valence-electron chi connectivity index (χ4n) is 4.35. The van der Waals surface area contributed by atoms with E-state index < -0.39 is 0 Å². The lowest BCUT2D eigenvalue weighted by atomic mass is 10.2. The number of hydrogen-bond donors (Lipinski definition) is 2. The highest BCUT2D eigenvalue weighted by molar-refractivity contribution is 5.86. The molecule has 9 nitrogen and oxygen atoms in total. The van der Waals surface area contributed by atoms with Gasteiger partial charge in [-0.3, -0.25) is 9.36 Å². The Morgan fingerprint density at radius 2 is 2.07 bits per heavy atom. The van der Waals surface area contributed by atoms with Crippen molar-refractivity contribution in [1.29, 1.82) is 0 Å². The number of nitrogens with one attached hydrogen (secondary N) is 1. The smallest absolute Gasteiger partial charge is 0.225 e. The highest BCUT2D eigenvalue weighted by Crippen LogP contribution is 2.33. The zero-order chi connectivity index (χ0) is 19.3. The summed E-state index contributed by atoms with van der Waals surface area (Å²) >= 11 is 0. The van der Waals surface area contributed by atoms with Gasteiger partial charge in [-0.25, -0.2) is 15.0 Å². The third kappa shape index (κ3) is 3.07. The van der Waals surface area contributed by atoms with Crippen LogP contribution in [0, 0.1) is 5.92 Å². The first kappa shape index (κ1) is 17.7. The molecule has 1 amide bonds. The number of imidazole rings is 1. The molecule has 2 aromatic heterocycles. The number of rotatable bonds is 5. The molecule has 2 saturated heterocycles. The second-order valence-corrected chi connectivity index (χ2v) is 8.13. The number of fused-ring (bicyclic) bond motifs is 1. The highest BCUT2D eigenvalue weighted by atomic mass is 16.3. The maximum Gasteiger partial charge on any atom is 0.225 e. The number of β-amino-alcohol motifs (C(OH)–C–C–N with tert-alkyl or cyclic N) is 1. The lowest BCUT2D eigenvalue weighted by molar-refractivity contribution is -0.131. The first-order chi connectivity index (χ1) is 13.6. The molecule has 2 unspecified atom stereocenters. The van der Waals surface area contributed by atoms with Crippen molar-refractivity contribution in [2.24, 2.45) is 5.92 Å². The van der Waals surface area contributed by atoms with Gasteiger partial charge in [-0.1, -0.05) is 0 Å². The van der Waals surface area contributed by atoms with Crippen molar-refractivity contribution in [2.75, 3.05) is 36.4 Å². The van der Waals surface area contributed by atoms with Crippen molar-refractivity contribution in [1.82, 2.24) is 24.4 Å². The SMILES string of the molecule is CCn1c(N2CCC(O)C2)nc2c(NC3CCN(C(=O)C4CC4)C3)ncnc21. The van der Waals surface area contributed by atoms with Gasteiger partial charge in [-0.15, -0.1) is 0 Å². The average molecular weight is 385 g/mol. The maximum absolute atomic E-state index is 12.3. The molecule has 2 atom stereocenters. The molecule has 9 heteroatoms. The molecule has 150 valence electrons. The molecule has 0 bridgehead atoms. The van der Waals surface area contributed by atoms with Crippen LogP contribution in [0.2, 0.25) is 0 Å². The Morgan fingerprint density at radius 1 is 1.21 bits per heavy atom. The van der Waals surface area contributed by atoms with Crippen molar-refractivity contribution >= 4 is 28.8 Å². The molecule has 5 rings (SSSR count). The van der Waals surface area contributed by atoms with Crippen LogP contribution >= 0.6 is 0 Å². The van der Waals surface area contributed by atoms with Gasteiger partial charge in [0.2, 0.25) is 11.9 Å². The third-order valence-electron chi connectivity index (χ3n) is 6.04. The molecule has 2 N–H and O–H groups in total. The van der Waals surface area contributed by atoms with Gasteiger partial charge in [0.1, 0.15) is 6.33 Å². The van der Waals surface area contributed by atoms with Gasteiger partial charge in [-0.2, -0.15) is 0 Å². The van der Waals surface area contributed by atoms with E-state index in [0.29, 0.717) is 12.5 Å². The second kappa shape index (κ2) is 6.88. The Morgan fingerprint density at radius 3 is 2.79 bits per heavy atom. The van der Waals surface area contributed by atoms with E-state index in [0.717, 1.165) is 74.8 Å². The molecule has 28 heavy (non-hydrogen) atoms. The number of aliphatic hydroxyl groups is 1. The van der Waals surface area contributed by atoms with Gasteiger partial charge < -0.3 is 20.2 Å². The van der Waals surface area contributed by atoms with Crippen LogP contribution in [0.1, 0.15) is 32.6 Å². The Kier molecular flexibility index (Phi) is 4.34. The fourth-order valence-corrected chi connectivity index (χ4v) is 4.35. The summed E-state index contributed by atoms with van der Waals surface area (Å²) in [5.74, 6) is 2.14. The minimum Gasteiger partial charge on any atom is -0.391 e. The van der Waals surface area contributed by atoms with E-state index in [9.17, 15) is 9.90 Å². The first-order valence-corrected chi connectivity index (χ1v) is 10.3. The summed E-state index contributed by atoms with van der Waals surface area (Å²) in [6, 6.07) is 0.185. The van der Waals surface area contributed by atoms with Crippen LogP contribution in [0.5, 0.6) is 0 Å². The van der Waals surface area contributed by atoms with Crippen LogP contribution in [0.4, 0.5) is 11.8 Å². The van der Waals surface area contributed by atoms with Crippen LogP contribution in [-0.2, 0) is 11.3 Å². The zero-order valence-electron chi connectivity index (χ0n) is 16.2. The van der Waals surface area contributed by atoms with Gasteiger partial charge in [-0.05, 0) is 32.6 Å². The van der Waals surface area contributed by atoms with Crippen molar-refractivity contribution in [3.63, 3.8) is 0 Å². The largest absolute Gasteiger partial charge is 0.391 e. The van der Waals surface area contributed by atoms with Crippen molar-refractivity contribution < 1.29 is 9.90 Å².